The van der Waals surface area contributed by atoms with Gasteiger partial charge in [0.1, 0.15) is 11.5 Å². The third kappa shape index (κ3) is 5.71. The third-order valence-electron chi connectivity index (χ3n) is 4.02. The highest BCUT2D eigenvalue weighted by Gasteiger charge is 2.03. The Balaban J connectivity index is 1.50. The molecule has 1 amide bonds. The second kappa shape index (κ2) is 9.37. The van der Waals surface area contributed by atoms with Gasteiger partial charge in [0.2, 0.25) is 0 Å². The maximum Gasteiger partial charge on any atom is 0.262 e. The van der Waals surface area contributed by atoms with Gasteiger partial charge in [-0.15, -0.1) is 0 Å². The molecule has 0 fully saturated rings. The summed E-state index contributed by atoms with van der Waals surface area (Å²) in [6.07, 6.45) is 1.77. The molecule has 0 saturated heterocycles. The van der Waals surface area contributed by atoms with Crippen molar-refractivity contribution in [1.29, 1.82) is 0 Å². The van der Waals surface area contributed by atoms with E-state index in [4.69, 9.17) is 9.47 Å². The van der Waals surface area contributed by atoms with Gasteiger partial charge in [-0.1, -0.05) is 17.7 Å². The first-order chi connectivity index (χ1) is 13.6. The number of carbonyl (C=O) groups is 1. The molecule has 3 aromatic rings. The lowest BCUT2D eigenvalue weighted by molar-refractivity contribution is -0.118. The maximum atomic E-state index is 12.0. The summed E-state index contributed by atoms with van der Waals surface area (Å²) in [5.74, 6) is 1.22. The first kappa shape index (κ1) is 19.2. The number of aliphatic imine (C=N–C) groups is 1. The second-order valence-corrected chi connectivity index (χ2v) is 6.23. The number of nitrogens with one attached hydrogen (secondary N) is 1. The Labute approximate surface area is 164 Å². The Kier molecular flexibility index (Phi) is 6.41. The number of aryl methyl sites for hydroxylation is 1. The number of benzene rings is 3. The van der Waals surface area contributed by atoms with Crippen LogP contribution >= 0.6 is 0 Å². The van der Waals surface area contributed by atoms with Gasteiger partial charge >= 0.3 is 0 Å². The summed E-state index contributed by atoms with van der Waals surface area (Å²) >= 11 is 0. The minimum absolute atomic E-state index is 0.0485. The molecule has 0 aliphatic heterocycles. The fourth-order valence-corrected chi connectivity index (χ4v) is 2.45. The molecule has 0 bridgehead atoms. The number of ether oxygens (including phenoxy) is 2. The highest BCUT2D eigenvalue weighted by atomic mass is 16.5. The van der Waals surface area contributed by atoms with E-state index in [-0.39, 0.29) is 12.5 Å². The molecule has 0 heterocycles. The van der Waals surface area contributed by atoms with Crippen molar-refractivity contribution in [2.24, 2.45) is 4.99 Å². The third-order valence-corrected chi connectivity index (χ3v) is 4.02. The number of methoxy groups -OCH3 is 1. The van der Waals surface area contributed by atoms with Crippen LogP contribution in [0.3, 0.4) is 0 Å². The topological polar surface area (TPSA) is 59.9 Å². The van der Waals surface area contributed by atoms with E-state index in [0.29, 0.717) is 5.75 Å². The van der Waals surface area contributed by atoms with E-state index in [9.17, 15) is 4.79 Å². The molecule has 5 heteroatoms. The fourth-order valence-electron chi connectivity index (χ4n) is 2.45. The number of anilines is 1. The van der Waals surface area contributed by atoms with Crippen molar-refractivity contribution >= 4 is 23.5 Å². The first-order valence-corrected chi connectivity index (χ1v) is 8.90. The van der Waals surface area contributed by atoms with Crippen LogP contribution in [0.2, 0.25) is 0 Å². The lowest BCUT2D eigenvalue weighted by Gasteiger charge is -2.08. The van der Waals surface area contributed by atoms with Gasteiger partial charge in [0, 0.05) is 11.9 Å². The molecular formula is C23H22N2O3. The molecule has 0 saturated carbocycles. The molecule has 3 aromatic carbocycles. The first-order valence-electron chi connectivity index (χ1n) is 8.90. The van der Waals surface area contributed by atoms with Crippen molar-refractivity contribution < 1.29 is 14.3 Å². The summed E-state index contributed by atoms with van der Waals surface area (Å²) < 4.78 is 10.7. The highest BCUT2D eigenvalue weighted by molar-refractivity contribution is 5.91. The zero-order valence-corrected chi connectivity index (χ0v) is 15.9. The van der Waals surface area contributed by atoms with Crippen LogP contribution in [0.25, 0.3) is 0 Å². The van der Waals surface area contributed by atoms with Gasteiger partial charge in [-0.2, -0.15) is 0 Å². The Bertz CT molecular complexity index is 931. The minimum Gasteiger partial charge on any atom is -0.497 e. The largest absolute Gasteiger partial charge is 0.497 e. The van der Waals surface area contributed by atoms with Gasteiger partial charge in [-0.05, 0) is 73.2 Å². The van der Waals surface area contributed by atoms with Crippen LogP contribution in [0.1, 0.15) is 11.1 Å². The minimum atomic E-state index is -0.200. The van der Waals surface area contributed by atoms with Crippen LogP contribution in [-0.2, 0) is 4.79 Å². The van der Waals surface area contributed by atoms with E-state index in [1.165, 1.54) is 0 Å². The number of nitrogens with zero attached hydrogens (tertiary/aromatic N) is 1. The van der Waals surface area contributed by atoms with Crippen LogP contribution in [-0.4, -0.2) is 25.8 Å². The van der Waals surface area contributed by atoms with E-state index in [2.05, 4.69) is 10.3 Å². The van der Waals surface area contributed by atoms with Crippen LogP contribution in [0.5, 0.6) is 11.5 Å². The maximum absolute atomic E-state index is 12.0. The predicted molar refractivity (Wildman–Crippen MR) is 112 cm³/mol. The van der Waals surface area contributed by atoms with E-state index in [0.717, 1.165) is 28.3 Å². The number of carbonyl (C=O) groups excluding carboxylic acids is 1. The second-order valence-electron chi connectivity index (χ2n) is 6.23. The standard InChI is InChI=1S/C23H22N2O3/c1-17-3-7-20(8-4-17)25-23(26)16-28-22-11-5-18(6-12-22)15-24-19-9-13-21(27-2)14-10-19/h3-15H,16H2,1-2H3,(H,25,26). The molecule has 0 unspecified atom stereocenters. The van der Waals surface area contributed by atoms with Crippen LogP contribution < -0.4 is 14.8 Å². The van der Waals surface area contributed by atoms with Crippen molar-refractivity contribution in [3.8, 4) is 11.5 Å². The number of hydrogen-bond donors (Lipinski definition) is 1. The summed E-state index contributed by atoms with van der Waals surface area (Å²) in [5.41, 5.74) is 3.68. The van der Waals surface area contributed by atoms with Gasteiger partial charge in [0.15, 0.2) is 6.61 Å². The SMILES string of the molecule is COc1ccc(N=Cc2ccc(OCC(=O)Nc3ccc(C)cc3)cc2)cc1. The van der Waals surface area contributed by atoms with Crippen molar-refractivity contribution in [2.75, 3.05) is 19.0 Å². The molecule has 0 aliphatic rings. The van der Waals surface area contributed by atoms with E-state index >= 15 is 0 Å². The molecule has 0 atom stereocenters. The van der Waals surface area contributed by atoms with Gasteiger partial charge in [0.05, 0.1) is 12.8 Å². The molecule has 28 heavy (non-hydrogen) atoms. The summed E-state index contributed by atoms with van der Waals surface area (Å²) in [6, 6.07) is 22.5. The quantitative estimate of drug-likeness (QED) is 0.606. The number of amides is 1. The van der Waals surface area contributed by atoms with Gasteiger partial charge < -0.3 is 14.8 Å². The smallest absolute Gasteiger partial charge is 0.262 e. The van der Waals surface area contributed by atoms with E-state index < -0.39 is 0 Å². The van der Waals surface area contributed by atoms with E-state index in [1.807, 2.05) is 79.7 Å². The lowest BCUT2D eigenvalue weighted by Crippen LogP contribution is -2.20. The van der Waals surface area contributed by atoms with Crippen molar-refractivity contribution in [2.45, 2.75) is 6.92 Å². The zero-order valence-electron chi connectivity index (χ0n) is 15.9. The van der Waals surface area contributed by atoms with Crippen molar-refractivity contribution in [3.63, 3.8) is 0 Å². The summed E-state index contributed by atoms with van der Waals surface area (Å²) in [7, 11) is 1.63. The molecule has 1 N–H and O–H groups in total. The molecular weight excluding hydrogens is 352 g/mol. The average Bonchev–Trinajstić information content (AvgIpc) is 2.73. The molecule has 0 aliphatic carbocycles. The van der Waals surface area contributed by atoms with Crippen LogP contribution in [0, 0.1) is 6.92 Å². The predicted octanol–water partition coefficient (Wildman–Crippen LogP) is 4.77. The summed E-state index contributed by atoms with van der Waals surface area (Å²) in [4.78, 5) is 16.4. The average molecular weight is 374 g/mol. The highest BCUT2D eigenvalue weighted by Crippen LogP contribution is 2.18. The summed E-state index contributed by atoms with van der Waals surface area (Å²) in [5, 5.41) is 2.80. The Morgan fingerprint density at radius 2 is 1.57 bits per heavy atom. The van der Waals surface area contributed by atoms with Crippen molar-refractivity contribution in [3.05, 3.63) is 83.9 Å². The van der Waals surface area contributed by atoms with E-state index in [1.54, 1.807) is 13.3 Å². The number of rotatable bonds is 7. The Morgan fingerprint density at radius 3 is 2.21 bits per heavy atom. The van der Waals surface area contributed by atoms with Crippen LogP contribution in [0.4, 0.5) is 11.4 Å². The Morgan fingerprint density at radius 1 is 0.929 bits per heavy atom. The lowest BCUT2D eigenvalue weighted by atomic mass is 10.2. The summed E-state index contributed by atoms with van der Waals surface area (Å²) in [6.45, 7) is 1.95. The van der Waals surface area contributed by atoms with Crippen LogP contribution in [0.15, 0.2) is 77.8 Å². The molecule has 0 spiro atoms. The van der Waals surface area contributed by atoms with Gasteiger partial charge in [0.25, 0.3) is 5.91 Å². The molecule has 3 rings (SSSR count). The van der Waals surface area contributed by atoms with Crippen molar-refractivity contribution in [1.82, 2.24) is 0 Å². The normalized spacial score (nSPS) is 10.6. The fraction of sp³-hybridized carbons (Fsp3) is 0.130. The molecule has 5 nitrogen and oxygen atoms in total. The monoisotopic (exact) mass is 374 g/mol. The zero-order chi connectivity index (χ0) is 19.8. The molecule has 0 aromatic heterocycles. The Hall–Kier alpha value is -3.60. The van der Waals surface area contributed by atoms with Gasteiger partial charge in [-0.3, -0.25) is 9.79 Å². The number of hydrogen-bond acceptors (Lipinski definition) is 4. The molecule has 0 radical (unpaired) electrons. The van der Waals surface area contributed by atoms with Gasteiger partial charge in [-0.25, -0.2) is 0 Å². The molecule has 142 valence electrons.